The molecule has 9 heterocycles. The van der Waals surface area contributed by atoms with Crippen LogP contribution in [0.25, 0.3) is 0 Å². The molecule has 5 aromatic carbocycles. The number of hydrogen-bond donors (Lipinski definition) is 4. The Morgan fingerprint density at radius 2 is 0.824 bits per heavy atom. The molecule has 9 unspecified atom stereocenters. The Labute approximate surface area is 610 Å². The van der Waals surface area contributed by atoms with Crippen LogP contribution in [0, 0.1) is 0 Å². The molecule has 6 bridgehead atoms. The van der Waals surface area contributed by atoms with Crippen molar-refractivity contribution >= 4 is 57.8 Å². The Kier molecular flexibility index (Phi) is 24.7. The van der Waals surface area contributed by atoms with Gasteiger partial charge in [-0.05, 0) is 191 Å². The molecule has 552 valence electrons. The maximum atomic E-state index is 12.9. The molecule has 14 rings (SSSR count). The number of carbonyl (C=O) groups excluding carboxylic acids is 5. The number of fused-ring (bicyclic) bond motifs is 9. The van der Waals surface area contributed by atoms with E-state index in [0.717, 1.165) is 147 Å². The Morgan fingerprint density at radius 3 is 1.23 bits per heavy atom. The monoisotopic (exact) mass is 1470 g/mol. The minimum atomic E-state index is -0.496. The second-order valence-corrected chi connectivity index (χ2v) is 32.2. The molecule has 9 atom stereocenters. The number of amides is 5. The number of piperazine rings is 3. The fourth-order valence-corrected chi connectivity index (χ4v) is 15.3. The Hall–Kier alpha value is -8.15. The number of nitrogens with one attached hydrogen (secondary N) is 3. The van der Waals surface area contributed by atoms with Crippen molar-refractivity contribution in [1.29, 1.82) is 0 Å². The summed E-state index contributed by atoms with van der Waals surface area (Å²) in [5, 5.41) is 9.15. The van der Waals surface area contributed by atoms with Crippen molar-refractivity contribution in [3.8, 4) is 17.2 Å². The quantitative estimate of drug-likeness (QED) is 0.106. The van der Waals surface area contributed by atoms with Gasteiger partial charge in [-0.3, -0.25) is 14.7 Å². The summed E-state index contributed by atoms with van der Waals surface area (Å²) in [6.07, 6.45) is 10.7. The normalized spacial score (nSPS) is 23.9. The van der Waals surface area contributed by atoms with E-state index in [2.05, 4.69) is 78.1 Å². The fraction of sp³-hybridized carbons (Fsp3) is 0.557. The third-order valence-corrected chi connectivity index (χ3v) is 20.1. The van der Waals surface area contributed by atoms with Crippen LogP contribution in [0.1, 0.15) is 148 Å². The number of carbonyl (C=O) groups is 5. The molecule has 0 saturated carbocycles. The molecule has 0 spiro atoms. The lowest BCUT2D eigenvalue weighted by molar-refractivity contribution is -0.0139. The second-order valence-electron chi connectivity index (χ2n) is 31.3. The highest BCUT2D eigenvalue weighted by Crippen LogP contribution is 2.39. The van der Waals surface area contributed by atoms with Crippen LogP contribution in [-0.2, 0) is 56.2 Å². The molecule has 9 aliphatic rings. The highest BCUT2D eigenvalue weighted by molar-refractivity contribution is 9.10. The lowest BCUT2D eigenvalue weighted by atomic mass is 9.91. The van der Waals surface area contributed by atoms with Crippen LogP contribution >= 0.6 is 15.9 Å². The molecule has 0 radical (unpaired) electrons. The molecule has 5 amide bonds. The van der Waals surface area contributed by atoms with Crippen LogP contribution in [0.2, 0.25) is 0 Å². The van der Waals surface area contributed by atoms with Crippen molar-refractivity contribution < 1.29 is 61.9 Å². The highest BCUT2D eigenvalue weighted by atomic mass is 79.9. The van der Waals surface area contributed by atoms with Crippen LogP contribution in [0.15, 0.2) is 120 Å². The first-order valence-electron chi connectivity index (χ1n) is 36.6. The summed E-state index contributed by atoms with van der Waals surface area (Å²) in [6, 6.07) is 39.1. The summed E-state index contributed by atoms with van der Waals surface area (Å²) in [5.74, 6) is 2.67. The average Bonchev–Trinajstić information content (AvgIpc) is 0.783. The van der Waals surface area contributed by atoms with Crippen molar-refractivity contribution in [2.75, 3.05) is 68.9 Å². The van der Waals surface area contributed by atoms with Crippen LogP contribution < -0.4 is 45.7 Å². The number of hydrogen-bond acceptors (Lipinski definition) is 17. The minimum absolute atomic E-state index is 0.0723. The Morgan fingerprint density at radius 1 is 0.471 bits per heavy atom. The number of alkyl carbamates (subject to hydrolysis) is 2. The van der Waals surface area contributed by atoms with Gasteiger partial charge < -0.3 is 69.4 Å². The van der Waals surface area contributed by atoms with Crippen molar-refractivity contribution in [2.24, 2.45) is 5.73 Å². The minimum Gasteiger partial charge on any atom is -0.492 e. The Bertz CT molecular complexity index is 3610. The molecule has 5 N–H and O–H groups in total. The number of anilines is 2. The number of piperidine rings is 3. The van der Waals surface area contributed by atoms with Gasteiger partial charge in [0.15, 0.2) is 0 Å². The zero-order valence-corrected chi connectivity index (χ0v) is 62.5. The summed E-state index contributed by atoms with van der Waals surface area (Å²) >= 11 is 3.42. The largest absolute Gasteiger partial charge is 0.492 e. The molecule has 0 aliphatic carbocycles. The SMILES string of the molecule is CC(C)(C)OC(=O)N1C2CCCC1CN(c1ccc3c(c1)OCC(N)C3)C2.CC(C)(C)OC(=O)N1C2CCCC1CN(c1ccc3c(c1)OCC(NC(=O)OCc1ccccc1)C3)C2.CC(C)(C)OC(=O)N1C2CCCC1CNC2.O=C(NC1COc2cc(Br)ccc2C1)OCc1ccccc1. The van der Waals surface area contributed by atoms with E-state index < -0.39 is 29.0 Å². The van der Waals surface area contributed by atoms with Gasteiger partial charge in [0.2, 0.25) is 0 Å². The lowest BCUT2D eigenvalue weighted by Gasteiger charge is -2.50. The van der Waals surface area contributed by atoms with Crippen molar-refractivity contribution in [1.82, 2.24) is 30.7 Å². The van der Waals surface area contributed by atoms with E-state index in [1.165, 1.54) is 24.1 Å². The zero-order chi connectivity index (χ0) is 72.3. The van der Waals surface area contributed by atoms with Crippen molar-refractivity contribution in [3.63, 3.8) is 0 Å². The van der Waals surface area contributed by atoms with Gasteiger partial charge in [0.1, 0.15) is 67.1 Å². The standard InChI is InChI=1S/C29H37N3O5.C21H31N3O3.C17H16BrNO3.C12H22N2O2/c1-29(2,3)37-28(34)32-24-10-7-11-25(32)17-31(16-24)23-13-12-21-14-22(19-35-26(21)15-23)30-27(33)36-18-20-8-5-4-6-9-20;1-21(2,3)27-20(25)24-17-5-4-6-18(24)12-23(11-17)16-8-7-14-9-15(22)13-26-19(14)10-16;18-14-7-6-13-8-15(11-21-16(13)9-14)19-17(20)22-10-12-4-2-1-3-5-12;1-12(2,3)16-11(15)14-9-5-4-6-10(14)8-13-7-9/h4-6,8-9,12-13,15,22,24-25H,7,10-11,14,16-19H2,1-3H3,(H,30,33);7-8,10,15,17-18H,4-6,9,11-13,22H2,1-3H3;1-7,9,15H,8,10-11H2,(H,19,20);9-10,13H,4-8H2,1-3H3. The third-order valence-electron chi connectivity index (χ3n) is 19.6. The molecule has 6 fully saturated rings. The fourth-order valence-electron chi connectivity index (χ4n) is 15.0. The number of halogens is 1. The first-order chi connectivity index (χ1) is 48.7. The van der Waals surface area contributed by atoms with E-state index in [1.807, 2.05) is 156 Å². The third kappa shape index (κ3) is 20.8. The summed E-state index contributed by atoms with van der Waals surface area (Å²) in [5.41, 5.74) is 12.2. The summed E-state index contributed by atoms with van der Waals surface area (Å²) in [6.45, 7) is 24.3. The van der Waals surface area contributed by atoms with Gasteiger partial charge in [-0.2, -0.15) is 0 Å². The Balaban J connectivity index is 0.000000143. The lowest BCUT2D eigenvalue weighted by Crippen LogP contribution is -2.63. The van der Waals surface area contributed by atoms with Crippen LogP contribution in [-0.4, -0.2) is 175 Å². The summed E-state index contributed by atoms with van der Waals surface area (Å²) in [4.78, 5) is 72.6. The molecular weight excluding hydrogens is 1360 g/mol. The predicted molar refractivity (Wildman–Crippen MR) is 395 cm³/mol. The number of rotatable bonds is 8. The van der Waals surface area contributed by atoms with Gasteiger partial charge in [0.05, 0.1) is 36.3 Å². The van der Waals surface area contributed by atoms with Crippen LogP contribution in [0.3, 0.4) is 0 Å². The molecule has 102 heavy (non-hydrogen) atoms. The smallest absolute Gasteiger partial charge is 0.410 e. The summed E-state index contributed by atoms with van der Waals surface area (Å²) < 4.78 is 46.0. The maximum absolute atomic E-state index is 12.9. The number of ether oxygens (including phenoxy) is 8. The van der Waals surface area contributed by atoms with Crippen LogP contribution in [0.5, 0.6) is 17.2 Å². The van der Waals surface area contributed by atoms with E-state index in [9.17, 15) is 24.0 Å². The van der Waals surface area contributed by atoms with Gasteiger partial charge in [-0.25, -0.2) is 24.0 Å². The predicted octanol–water partition coefficient (Wildman–Crippen LogP) is 13.2. The number of nitrogens with two attached hydrogens (primary N) is 1. The zero-order valence-electron chi connectivity index (χ0n) is 60.9. The van der Waals surface area contributed by atoms with Gasteiger partial charge in [0, 0.05) is 85.4 Å². The van der Waals surface area contributed by atoms with Gasteiger partial charge in [-0.15, -0.1) is 0 Å². The summed E-state index contributed by atoms with van der Waals surface area (Å²) in [7, 11) is 0. The second kappa shape index (κ2) is 33.5. The van der Waals surface area contributed by atoms with Gasteiger partial charge in [-0.1, -0.05) is 94.8 Å². The van der Waals surface area contributed by atoms with E-state index in [1.54, 1.807) is 0 Å². The first-order valence-corrected chi connectivity index (χ1v) is 37.4. The van der Waals surface area contributed by atoms with Gasteiger partial charge >= 0.3 is 30.5 Å². The van der Waals surface area contributed by atoms with E-state index >= 15 is 0 Å². The molecule has 0 aromatic heterocycles. The molecule has 23 heteroatoms. The molecule has 22 nitrogen and oxygen atoms in total. The van der Waals surface area contributed by atoms with Gasteiger partial charge in [0.25, 0.3) is 0 Å². The highest BCUT2D eigenvalue weighted by Gasteiger charge is 2.45. The van der Waals surface area contributed by atoms with E-state index in [-0.39, 0.29) is 73.8 Å². The molecule has 9 aliphatic heterocycles. The maximum Gasteiger partial charge on any atom is 0.410 e. The first kappa shape index (κ1) is 75.0. The number of nitrogens with zero attached hydrogens (tertiary/aromatic N) is 5. The topological polar surface area (TPSA) is 237 Å². The van der Waals surface area contributed by atoms with E-state index in [4.69, 9.17) is 43.6 Å². The molecular formula is C79H106BrN9O13. The van der Waals surface area contributed by atoms with Crippen molar-refractivity contribution in [3.05, 3.63) is 148 Å². The van der Waals surface area contributed by atoms with E-state index in [0.29, 0.717) is 38.3 Å². The average molecular weight is 1470 g/mol. The molecule has 5 aromatic rings. The van der Waals surface area contributed by atoms with Crippen molar-refractivity contribution in [2.45, 2.75) is 224 Å². The van der Waals surface area contributed by atoms with Crippen LogP contribution in [0.4, 0.5) is 35.3 Å². The number of benzene rings is 5. The molecule has 6 saturated heterocycles.